The fourth-order valence-electron chi connectivity index (χ4n) is 3.38. The maximum atomic E-state index is 12.2. The zero-order valence-corrected chi connectivity index (χ0v) is 16.4. The van der Waals surface area contributed by atoms with Crippen LogP contribution < -0.4 is 0 Å². The van der Waals surface area contributed by atoms with Crippen LogP contribution in [0, 0.1) is 0 Å². The summed E-state index contributed by atoms with van der Waals surface area (Å²) in [4.78, 5) is 29.6. The molecule has 1 fully saturated rings. The number of carbonyl (C=O) groups is 2. The number of carbonyl (C=O) groups excluding carboxylic acids is 1. The molecule has 0 aromatic carbocycles. The molecule has 0 unspecified atom stereocenters. The van der Waals surface area contributed by atoms with Crippen molar-refractivity contribution in [1.29, 1.82) is 0 Å². The maximum absolute atomic E-state index is 12.2. The number of pyridine rings is 1. The number of nitrogens with zero attached hydrogens (tertiary/aromatic N) is 2. The summed E-state index contributed by atoms with van der Waals surface area (Å²) in [5.74, 6) is -0.780. The third-order valence-electron chi connectivity index (χ3n) is 4.95. The quantitative estimate of drug-likeness (QED) is 0.620. The fourth-order valence-corrected chi connectivity index (χ4v) is 3.38. The second kappa shape index (κ2) is 10.7. The minimum absolute atomic E-state index is 0.135. The van der Waals surface area contributed by atoms with Crippen molar-refractivity contribution in [1.82, 2.24) is 9.88 Å². The van der Waals surface area contributed by atoms with Gasteiger partial charge in [-0.2, -0.15) is 0 Å². The largest absolute Gasteiger partial charge is 0.478 e. The van der Waals surface area contributed by atoms with E-state index in [-0.39, 0.29) is 17.5 Å². The Balaban J connectivity index is 1.90. The third-order valence-corrected chi connectivity index (χ3v) is 4.95. The van der Waals surface area contributed by atoms with Crippen LogP contribution in [0.2, 0.25) is 0 Å². The highest BCUT2D eigenvalue weighted by molar-refractivity contribution is 5.88. The Kier molecular flexibility index (Phi) is 8.24. The van der Waals surface area contributed by atoms with Gasteiger partial charge in [-0.1, -0.05) is 37.1 Å². The van der Waals surface area contributed by atoms with Crippen LogP contribution >= 0.6 is 0 Å². The summed E-state index contributed by atoms with van der Waals surface area (Å²) in [5.41, 5.74) is 2.19. The smallest absolute Gasteiger partial charge is 0.337 e. The van der Waals surface area contributed by atoms with Crippen molar-refractivity contribution < 1.29 is 14.7 Å². The van der Waals surface area contributed by atoms with Gasteiger partial charge in [0, 0.05) is 19.2 Å². The molecule has 0 radical (unpaired) electrons. The number of allylic oxidation sites excluding steroid dienone is 3. The summed E-state index contributed by atoms with van der Waals surface area (Å²) in [6.45, 7) is 4.96. The number of likely N-dealkylation sites (tertiary alicyclic amines) is 1. The molecule has 1 saturated heterocycles. The van der Waals surface area contributed by atoms with Gasteiger partial charge in [0.05, 0.1) is 17.3 Å². The second-order valence-electron chi connectivity index (χ2n) is 7.10. The lowest BCUT2D eigenvalue weighted by Crippen LogP contribution is -2.33. The highest BCUT2D eigenvalue weighted by atomic mass is 16.4. The van der Waals surface area contributed by atoms with Crippen molar-refractivity contribution in [3.05, 3.63) is 53.4 Å². The van der Waals surface area contributed by atoms with E-state index < -0.39 is 5.97 Å². The number of carboxylic acids is 1. The number of rotatable bonds is 10. The second-order valence-corrected chi connectivity index (χ2v) is 7.10. The van der Waals surface area contributed by atoms with Gasteiger partial charge in [0.15, 0.2) is 0 Å². The number of amides is 1. The first-order chi connectivity index (χ1) is 13.0. The molecule has 5 nitrogen and oxygen atoms in total. The predicted octanol–water partition coefficient (Wildman–Crippen LogP) is 4.40. The van der Waals surface area contributed by atoms with Gasteiger partial charge in [-0.3, -0.25) is 9.78 Å². The lowest BCUT2D eigenvalue weighted by Gasteiger charge is -2.22. The van der Waals surface area contributed by atoms with E-state index in [4.69, 9.17) is 0 Å². The van der Waals surface area contributed by atoms with E-state index in [9.17, 15) is 14.7 Å². The molecule has 2 rings (SSSR count). The summed E-state index contributed by atoms with van der Waals surface area (Å²) in [7, 11) is 0. The minimum Gasteiger partial charge on any atom is -0.478 e. The molecule has 0 aliphatic carbocycles. The average Bonchev–Trinajstić information content (AvgIpc) is 3.00. The third kappa shape index (κ3) is 6.35. The first-order valence-corrected chi connectivity index (χ1v) is 9.83. The van der Waals surface area contributed by atoms with E-state index >= 15 is 0 Å². The van der Waals surface area contributed by atoms with Crippen molar-refractivity contribution in [3.8, 4) is 0 Å². The van der Waals surface area contributed by atoms with Gasteiger partial charge in [0.1, 0.15) is 0 Å². The first-order valence-electron chi connectivity index (χ1n) is 9.83. The Morgan fingerprint density at radius 1 is 1.41 bits per heavy atom. The Hall–Kier alpha value is -2.43. The van der Waals surface area contributed by atoms with Crippen LogP contribution in [0.15, 0.2) is 42.1 Å². The number of hydrogen-bond donors (Lipinski definition) is 1. The van der Waals surface area contributed by atoms with Crippen LogP contribution in [0.25, 0.3) is 0 Å². The molecule has 1 amide bonds. The Morgan fingerprint density at radius 2 is 2.22 bits per heavy atom. The van der Waals surface area contributed by atoms with Crippen LogP contribution in [0.1, 0.15) is 68.4 Å². The van der Waals surface area contributed by atoms with E-state index in [1.54, 1.807) is 18.3 Å². The average molecular weight is 370 g/mol. The number of carboxylic acid groups (broad SMARTS) is 1. The molecule has 5 heteroatoms. The summed E-state index contributed by atoms with van der Waals surface area (Å²) in [5, 5.41) is 9.24. The number of hydrogen-bond acceptors (Lipinski definition) is 3. The highest BCUT2D eigenvalue weighted by Gasteiger charge is 2.28. The molecule has 1 aliphatic heterocycles. The van der Waals surface area contributed by atoms with Crippen LogP contribution in [0.3, 0.4) is 0 Å². The van der Waals surface area contributed by atoms with Crippen LogP contribution in [0.4, 0.5) is 0 Å². The van der Waals surface area contributed by atoms with Crippen molar-refractivity contribution in [2.75, 3.05) is 6.54 Å². The molecule has 1 aliphatic rings. The van der Waals surface area contributed by atoms with Crippen LogP contribution in [0.5, 0.6) is 0 Å². The van der Waals surface area contributed by atoms with Gasteiger partial charge < -0.3 is 10.0 Å². The zero-order valence-electron chi connectivity index (χ0n) is 16.4. The fraction of sp³-hybridized carbons (Fsp3) is 0.500. The van der Waals surface area contributed by atoms with E-state index in [2.05, 4.69) is 37.1 Å². The van der Waals surface area contributed by atoms with Gasteiger partial charge in [0.2, 0.25) is 5.91 Å². The van der Waals surface area contributed by atoms with Crippen LogP contribution in [-0.2, 0) is 11.2 Å². The van der Waals surface area contributed by atoms with Crippen molar-refractivity contribution in [2.45, 2.75) is 64.8 Å². The normalized spacial score (nSPS) is 17.9. The van der Waals surface area contributed by atoms with E-state index in [1.807, 2.05) is 4.90 Å². The van der Waals surface area contributed by atoms with Gasteiger partial charge in [0.25, 0.3) is 0 Å². The molecule has 0 bridgehead atoms. The molecule has 146 valence electrons. The number of unbranched alkanes of at least 4 members (excludes halogenated alkanes) is 1. The van der Waals surface area contributed by atoms with E-state index in [0.717, 1.165) is 12.8 Å². The van der Waals surface area contributed by atoms with Crippen molar-refractivity contribution in [3.63, 3.8) is 0 Å². The lowest BCUT2D eigenvalue weighted by atomic mass is 10.1. The molecule has 0 spiro atoms. The lowest BCUT2D eigenvalue weighted by molar-refractivity contribution is -0.128. The number of aromatic carboxylic acids is 1. The zero-order chi connectivity index (χ0) is 19.6. The standard InChI is InChI=1S/C22H30N2O3/c1-3-4-8-17(2)9-5-10-18-13-14-21(25)24(18)16-7-12-20-19(22(26)27)11-6-15-23-20/h5-6,9-11,15,18H,3-4,7-8,12-14,16H2,1-2H3,(H,26,27)/b10-5-,17-9+/t18-/m0/s1. The van der Waals surface area contributed by atoms with Gasteiger partial charge in [-0.15, -0.1) is 0 Å². The molecule has 0 saturated carbocycles. The molecule has 1 atom stereocenters. The monoisotopic (exact) mass is 370 g/mol. The molecular formula is C22H30N2O3. The molecule has 1 N–H and O–H groups in total. The Labute approximate surface area is 161 Å². The summed E-state index contributed by atoms with van der Waals surface area (Å²) >= 11 is 0. The van der Waals surface area contributed by atoms with Crippen LogP contribution in [-0.4, -0.2) is 39.5 Å². The number of aryl methyl sites for hydroxylation is 1. The number of aromatic nitrogens is 1. The molecule has 27 heavy (non-hydrogen) atoms. The molecule has 2 heterocycles. The summed E-state index contributed by atoms with van der Waals surface area (Å²) < 4.78 is 0. The summed E-state index contributed by atoms with van der Waals surface area (Å²) in [6, 6.07) is 3.34. The SMILES string of the molecule is CCCC/C(C)=C/C=C\[C@H]1CCC(=O)N1CCCc1ncccc1C(=O)O. The van der Waals surface area contributed by atoms with Crippen molar-refractivity contribution >= 4 is 11.9 Å². The van der Waals surface area contributed by atoms with Crippen molar-refractivity contribution in [2.24, 2.45) is 0 Å². The van der Waals surface area contributed by atoms with E-state index in [1.165, 1.54) is 18.4 Å². The summed E-state index contributed by atoms with van der Waals surface area (Å²) in [6.07, 6.45) is 14.1. The topological polar surface area (TPSA) is 70.5 Å². The Morgan fingerprint density at radius 3 is 2.96 bits per heavy atom. The molecule has 1 aromatic rings. The highest BCUT2D eigenvalue weighted by Crippen LogP contribution is 2.21. The predicted molar refractivity (Wildman–Crippen MR) is 107 cm³/mol. The van der Waals surface area contributed by atoms with E-state index in [0.29, 0.717) is 31.5 Å². The van der Waals surface area contributed by atoms with Gasteiger partial charge in [-0.25, -0.2) is 4.79 Å². The van der Waals surface area contributed by atoms with Gasteiger partial charge >= 0.3 is 5.97 Å². The Bertz CT molecular complexity index is 709. The van der Waals surface area contributed by atoms with Gasteiger partial charge in [-0.05, 0) is 51.2 Å². The first kappa shape index (κ1) is 20.9. The minimum atomic E-state index is -0.957. The molecular weight excluding hydrogens is 340 g/mol. The maximum Gasteiger partial charge on any atom is 0.337 e. The molecule has 1 aromatic heterocycles.